The second kappa shape index (κ2) is 6.39. The average molecular weight is 311 g/mol. The maximum atomic E-state index is 12.7. The van der Waals surface area contributed by atoms with Gasteiger partial charge < -0.3 is 0 Å². The first kappa shape index (κ1) is 14.9. The van der Waals surface area contributed by atoms with Gasteiger partial charge in [-0.3, -0.25) is 14.3 Å². The molecule has 0 atom stereocenters. The molecule has 4 nitrogen and oxygen atoms in total. The predicted octanol–water partition coefficient (Wildman–Crippen LogP) is 3.43. The molecule has 5 heteroatoms. The number of hydrogen-bond donors (Lipinski definition) is 1. The van der Waals surface area contributed by atoms with Crippen molar-refractivity contribution in [3.05, 3.63) is 31.6 Å². The summed E-state index contributed by atoms with van der Waals surface area (Å²) in [6.45, 7) is 0.524. The van der Waals surface area contributed by atoms with Crippen LogP contribution in [0.15, 0.2) is 9.59 Å². The Kier molecular flexibility index (Phi) is 4.53. The second-order valence-corrected chi connectivity index (χ2v) is 6.91. The zero-order chi connectivity index (χ0) is 14.8. The van der Waals surface area contributed by atoms with E-state index >= 15 is 0 Å². The molecule has 116 valence electrons. The number of aromatic nitrogens is 2. The predicted molar refractivity (Wildman–Crippen MR) is 84.1 cm³/mol. The van der Waals surface area contributed by atoms with Gasteiger partial charge >= 0.3 is 5.69 Å². The van der Waals surface area contributed by atoms with Crippen LogP contribution in [-0.4, -0.2) is 9.55 Å². The molecule has 2 aliphatic rings. The number of hydrogen-bond acceptors (Lipinski definition) is 2. The van der Waals surface area contributed by atoms with Gasteiger partial charge in [0.1, 0.15) is 5.15 Å². The third-order valence-electron chi connectivity index (χ3n) is 5.17. The molecule has 0 bridgehead atoms. The van der Waals surface area contributed by atoms with Crippen molar-refractivity contribution >= 4 is 11.6 Å². The molecule has 0 aliphatic heterocycles. The molecule has 3 rings (SSSR count). The van der Waals surface area contributed by atoms with Gasteiger partial charge in [-0.05, 0) is 31.1 Å². The van der Waals surface area contributed by atoms with E-state index in [4.69, 9.17) is 11.6 Å². The van der Waals surface area contributed by atoms with Crippen LogP contribution in [0, 0.1) is 5.92 Å². The Morgan fingerprint density at radius 2 is 1.67 bits per heavy atom. The minimum atomic E-state index is -0.357. The summed E-state index contributed by atoms with van der Waals surface area (Å²) in [6.07, 6.45) is 10.2. The van der Waals surface area contributed by atoms with E-state index in [1.165, 1.54) is 30.3 Å². The summed E-state index contributed by atoms with van der Waals surface area (Å²) in [5, 5.41) is 0.258. The topological polar surface area (TPSA) is 54.9 Å². The molecule has 1 N–H and O–H groups in total. The van der Waals surface area contributed by atoms with Crippen LogP contribution in [0.25, 0.3) is 0 Å². The molecule has 0 saturated heterocycles. The van der Waals surface area contributed by atoms with E-state index < -0.39 is 0 Å². The van der Waals surface area contributed by atoms with E-state index in [1.54, 1.807) is 0 Å². The van der Waals surface area contributed by atoms with Gasteiger partial charge in [-0.15, -0.1) is 0 Å². The lowest BCUT2D eigenvalue weighted by molar-refractivity contribution is 0.442. The number of H-pyrrole nitrogens is 1. The van der Waals surface area contributed by atoms with Crippen LogP contribution in [0.1, 0.15) is 69.3 Å². The lowest BCUT2D eigenvalue weighted by atomic mass is 10.0. The van der Waals surface area contributed by atoms with Crippen molar-refractivity contribution in [2.45, 2.75) is 70.3 Å². The van der Waals surface area contributed by atoms with Crippen molar-refractivity contribution in [1.82, 2.24) is 9.55 Å². The fraction of sp³-hybridized carbons (Fsp3) is 0.750. The highest BCUT2D eigenvalue weighted by molar-refractivity contribution is 6.30. The minimum absolute atomic E-state index is 0.159. The maximum Gasteiger partial charge on any atom is 0.329 e. The van der Waals surface area contributed by atoms with Gasteiger partial charge in [0.25, 0.3) is 5.56 Å². The molecule has 1 aromatic rings. The van der Waals surface area contributed by atoms with Crippen LogP contribution in [-0.2, 0) is 6.54 Å². The molecule has 0 amide bonds. The van der Waals surface area contributed by atoms with Gasteiger partial charge in [0, 0.05) is 6.54 Å². The smallest absolute Gasteiger partial charge is 0.297 e. The van der Waals surface area contributed by atoms with E-state index in [0.717, 1.165) is 32.1 Å². The summed E-state index contributed by atoms with van der Waals surface area (Å²) in [4.78, 5) is 27.4. The minimum Gasteiger partial charge on any atom is -0.297 e. The van der Waals surface area contributed by atoms with Crippen molar-refractivity contribution in [3.8, 4) is 0 Å². The van der Waals surface area contributed by atoms with Gasteiger partial charge in [0.05, 0.1) is 5.56 Å². The van der Waals surface area contributed by atoms with Crippen LogP contribution >= 0.6 is 11.6 Å². The number of aromatic amines is 1. The van der Waals surface area contributed by atoms with Crippen molar-refractivity contribution in [3.63, 3.8) is 0 Å². The van der Waals surface area contributed by atoms with Crippen molar-refractivity contribution in [2.24, 2.45) is 5.92 Å². The first-order valence-electron chi connectivity index (χ1n) is 8.19. The first-order chi connectivity index (χ1) is 10.2. The quantitative estimate of drug-likeness (QED) is 0.866. The largest absolute Gasteiger partial charge is 0.329 e. The third kappa shape index (κ3) is 3.10. The third-order valence-corrected chi connectivity index (χ3v) is 5.47. The molecule has 2 aliphatic carbocycles. The number of rotatable bonds is 4. The summed E-state index contributed by atoms with van der Waals surface area (Å²) < 4.78 is 1.37. The first-order valence-corrected chi connectivity index (χ1v) is 8.57. The Morgan fingerprint density at radius 3 is 2.33 bits per heavy atom. The molecular weight excluding hydrogens is 288 g/mol. The molecule has 21 heavy (non-hydrogen) atoms. The van der Waals surface area contributed by atoms with E-state index in [0.29, 0.717) is 18.0 Å². The van der Waals surface area contributed by atoms with E-state index in [2.05, 4.69) is 4.98 Å². The van der Waals surface area contributed by atoms with Crippen LogP contribution in [0.3, 0.4) is 0 Å². The Bertz CT molecular complexity index is 608. The summed E-state index contributed by atoms with van der Waals surface area (Å²) >= 11 is 6.15. The molecule has 2 saturated carbocycles. The molecule has 0 aromatic carbocycles. The molecule has 1 heterocycles. The zero-order valence-corrected chi connectivity index (χ0v) is 13.1. The Hall–Kier alpha value is -1.03. The molecule has 0 unspecified atom stereocenters. The highest BCUT2D eigenvalue weighted by Gasteiger charge is 2.25. The number of nitrogens with one attached hydrogen (secondary N) is 1. The number of halogens is 1. The van der Waals surface area contributed by atoms with E-state index in [-0.39, 0.29) is 22.3 Å². The molecule has 1 aromatic heterocycles. The Balaban J connectivity index is 1.86. The van der Waals surface area contributed by atoms with Gasteiger partial charge in [0.2, 0.25) is 0 Å². The fourth-order valence-corrected chi connectivity index (χ4v) is 4.26. The lowest BCUT2D eigenvalue weighted by Gasteiger charge is -2.14. The fourth-order valence-electron chi connectivity index (χ4n) is 3.94. The highest BCUT2D eigenvalue weighted by atomic mass is 35.5. The number of nitrogens with zero attached hydrogens (tertiary/aromatic N) is 1. The van der Waals surface area contributed by atoms with Gasteiger partial charge in [-0.1, -0.05) is 50.1 Å². The molecule has 0 spiro atoms. The van der Waals surface area contributed by atoms with E-state index in [9.17, 15) is 9.59 Å². The Labute approximate surface area is 129 Å². The van der Waals surface area contributed by atoms with Crippen molar-refractivity contribution in [1.29, 1.82) is 0 Å². The molecule has 2 fully saturated rings. The summed E-state index contributed by atoms with van der Waals surface area (Å²) in [6, 6.07) is 0. The molecule has 0 radical (unpaired) electrons. The van der Waals surface area contributed by atoms with Crippen LogP contribution in [0.2, 0.25) is 5.15 Å². The zero-order valence-electron chi connectivity index (χ0n) is 12.4. The van der Waals surface area contributed by atoms with Gasteiger partial charge in [-0.2, -0.15) is 0 Å². The summed E-state index contributed by atoms with van der Waals surface area (Å²) in [7, 11) is 0. The molecular formula is C16H23ClN2O2. The lowest BCUT2D eigenvalue weighted by Crippen LogP contribution is -2.38. The normalized spacial score (nSPS) is 20.4. The van der Waals surface area contributed by atoms with Crippen LogP contribution in [0.5, 0.6) is 0 Å². The van der Waals surface area contributed by atoms with Crippen LogP contribution in [0.4, 0.5) is 0 Å². The SMILES string of the molecule is O=c1[nH]c(Cl)c(C2CCCC2)c(=O)n1CCC1CCCC1. The Morgan fingerprint density at radius 1 is 1.05 bits per heavy atom. The second-order valence-electron chi connectivity index (χ2n) is 6.54. The summed E-state index contributed by atoms with van der Waals surface area (Å²) in [5.41, 5.74) is 0.124. The van der Waals surface area contributed by atoms with Crippen LogP contribution < -0.4 is 11.2 Å². The van der Waals surface area contributed by atoms with Gasteiger partial charge in [-0.25, -0.2) is 4.79 Å². The van der Waals surface area contributed by atoms with Crippen molar-refractivity contribution in [2.75, 3.05) is 0 Å². The van der Waals surface area contributed by atoms with E-state index in [1.807, 2.05) is 0 Å². The average Bonchev–Trinajstić information content (AvgIpc) is 3.10. The van der Waals surface area contributed by atoms with Gasteiger partial charge in [0.15, 0.2) is 0 Å². The standard InChI is InChI=1S/C16H23ClN2O2/c17-14-13(12-7-3-4-8-12)15(20)19(16(21)18-14)10-9-11-5-1-2-6-11/h11-12H,1-10H2,(H,18,21). The summed E-state index contributed by atoms with van der Waals surface area (Å²) in [5.74, 6) is 0.890. The van der Waals surface area contributed by atoms with Crippen molar-refractivity contribution < 1.29 is 0 Å². The monoisotopic (exact) mass is 310 g/mol. The maximum absolute atomic E-state index is 12.7. The highest BCUT2D eigenvalue weighted by Crippen LogP contribution is 2.34.